The van der Waals surface area contributed by atoms with E-state index in [1.54, 1.807) is 18.3 Å². The average molecular weight is 668 g/mol. The van der Waals surface area contributed by atoms with E-state index >= 15 is 0 Å². The van der Waals surface area contributed by atoms with Crippen LogP contribution in [0.5, 0.6) is 5.75 Å². The first-order valence-electron chi connectivity index (χ1n) is 16.5. The summed E-state index contributed by atoms with van der Waals surface area (Å²) in [7, 11) is 1.62. The smallest absolute Gasteiger partial charge is 0.315 e. The van der Waals surface area contributed by atoms with Crippen molar-refractivity contribution in [3.63, 3.8) is 0 Å². The van der Waals surface area contributed by atoms with Crippen molar-refractivity contribution in [3.8, 4) is 16.9 Å². The lowest BCUT2D eigenvalue weighted by Crippen LogP contribution is -2.50. The number of hydrogen-bond acceptors (Lipinski definition) is 7. The van der Waals surface area contributed by atoms with E-state index in [0.29, 0.717) is 38.2 Å². The highest BCUT2D eigenvalue weighted by Gasteiger charge is 2.33. The Bertz CT molecular complexity index is 1720. The molecule has 49 heavy (non-hydrogen) atoms. The molecule has 0 unspecified atom stereocenters. The Kier molecular flexibility index (Phi) is 11.7. The molecule has 0 saturated heterocycles. The van der Waals surface area contributed by atoms with Crippen molar-refractivity contribution in [1.29, 1.82) is 0 Å². The summed E-state index contributed by atoms with van der Waals surface area (Å²) in [6.45, 7) is 5.09. The number of rotatable bonds is 14. The molecule has 0 spiro atoms. The summed E-state index contributed by atoms with van der Waals surface area (Å²) in [4.78, 5) is 41.3. The molecule has 2 heterocycles. The fourth-order valence-electron chi connectivity index (χ4n) is 5.96. The highest BCUT2D eigenvalue weighted by Crippen LogP contribution is 2.32. The standard InChI is InChI=1S/C38H45N5O6/c1-38(2,41-24-31-8-6-20-49-31)22-35(45)42-33-16-14-28-21-30(48-3)15-17-34(28)43(36(33)46)25-26-10-12-27(13-11-26)32-9-5-4-7-29(32)23-40-37(47)39-18-19-44/h4-13,15,17,20-21,33,41,44H,14,16,18-19,22-25H2,1-3H3,(H,42,45)(H2,39,40,47)/t33-/m1/s1. The van der Waals surface area contributed by atoms with Gasteiger partial charge in [-0.25, -0.2) is 4.79 Å². The van der Waals surface area contributed by atoms with Gasteiger partial charge in [0.2, 0.25) is 11.8 Å². The van der Waals surface area contributed by atoms with Gasteiger partial charge in [-0.15, -0.1) is 0 Å². The van der Waals surface area contributed by atoms with Gasteiger partial charge in [0.25, 0.3) is 0 Å². The molecule has 11 nitrogen and oxygen atoms in total. The number of nitrogens with zero attached hydrogens (tertiary/aromatic N) is 1. The summed E-state index contributed by atoms with van der Waals surface area (Å²) >= 11 is 0. The number of benzene rings is 3. The predicted octanol–water partition coefficient (Wildman–Crippen LogP) is 4.67. The van der Waals surface area contributed by atoms with Crippen LogP contribution in [0.2, 0.25) is 0 Å². The van der Waals surface area contributed by atoms with Gasteiger partial charge in [-0.1, -0.05) is 48.5 Å². The van der Waals surface area contributed by atoms with Crippen LogP contribution in [0.15, 0.2) is 89.5 Å². The predicted molar refractivity (Wildman–Crippen MR) is 188 cm³/mol. The fourth-order valence-corrected chi connectivity index (χ4v) is 5.96. The van der Waals surface area contributed by atoms with Crippen molar-refractivity contribution in [2.75, 3.05) is 25.2 Å². The number of aryl methyl sites for hydroxylation is 1. The molecule has 0 radical (unpaired) electrons. The number of fused-ring (bicyclic) bond motifs is 1. The third kappa shape index (κ3) is 9.49. The van der Waals surface area contributed by atoms with Crippen LogP contribution in [0.1, 0.15) is 49.1 Å². The third-order valence-corrected chi connectivity index (χ3v) is 8.56. The lowest BCUT2D eigenvalue weighted by molar-refractivity contribution is -0.128. The molecule has 1 aromatic heterocycles. The van der Waals surface area contributed by atoms with Gasteiger partial charge in [0.15, 0.2) is 0 Å². The van der Waals surface area contributed by atoms with Gasteiger partial charge in [0.1, 0.15) is 17.6 Å². The summed E-state index contributed by atoms with van der Waals surface area (Å²) in [5.41, 5.74) is 5.06. The van der Waals surface area contributed by atoms with Crippen LogP contribution in [0.3, 0.4) is 0 Å². The van der Waals surface area contributed by atoms with Crippen molar-refractivity contribution < 1.29 is 28.6 Å². The molecular formula is C38H45N5O6. The Morgan fingerprint density at radius 1 is 1.00 bits per heavy atom. The van der Waals surface area contributed by atoms with Crippen molar-refractivity contribution in [2.45, 2.75) is 64.3 Å². The van der Waals surface area contributed by atoms with Gasteiger partial charge in [-0.3, -0.25) is 9.59 Å². The van der Waals surface area contributed by atoms with Gasteiger partial charge in [-0.05, 0) is 84.8 Å². The minimum Gasteiger partial charge on any atom is -0.497 e. The van der Waals surface area contributed by atoms with Crippen molar-refractivity contribution >= 4 is 23.5 Å². The number of hydrogen-bond donors (Lipinski definition) is 5. The Balaban J connectivity index is 1.31. The van der Waals surface area contributed by atoms with Crippen LogP contribution in [0.4, 0.5) is 10.5 Å². The number of ether oxygens (including phenoxy) is 1. The van der Waals surface area contributed by atoms with E-state index in [-0.39, 0.29) is 37.4 Å². The molecule has 0 aliphatic carbocycles. The maximum absolute atomic E-state index is 14.2. The van der Waals surface area contributed by atoms with Crippen LogP contribution in [0, 0.1) is 0 Å². The molecular weight excluding hydrogens is 622 g/mol. The second-order valence-corrected chi connectivity index (χ2v) is 12.8. The third-order valence-electron chi connectivity index (χ3n) is 8.56. The molecule has 1 aliphatic rings. The topological polar surface area (TPSA) is 145 Å². The number of furan rings is 1. The zero-order chi connectivity index (χ0) is 34.8. The van der Waals surface area contributed by atoms with E-state index in [1.807, 2.05) is 92.7 Å². The highest BCUT2D eigenvalue weighted by molar-refractivity contribution is 6.00. The number of amides is 4. The van der Waals surface area contributed by atoms with Gasteiger partial charge in [0.05, 0.1) is 33.1 Å². The van der Waals surface area contributed by atoms with Crippen LogP contribution < -0.4 is 30.9 Å². The summed E-state index contributed by atoms with van der Waals surface area (Å²) < 4.78 is 10.9. The van der Waals surface area contributed by atoms with Crippen molar-refractivity contribution in [3.05, 3.63) is 108 Å². The van der Waals surface area contributed by atoms with Gasteiger partial charge in [-0.2, -0.15) is 0 Å². The summed E-state index contributed by atoms with van der Waals surface area (Å²) in [6.07, 6.45) is 2.86. The lowest BCUT2D eigenvalue weighted by Gasteiger charge is -2.29. The van der Waals surface area contributed by atoms with Crippen molar-refractivity contribution in [2.24, 2.45) is 0 Å². The Morgan fingerprint density at radius 3 is 2.53 bits per heavy atom. The minimum atomic E-state index is -0.694. The first kappa shape index (κ1) is 35.2. The molecule has 4 aromatic rings. The van der Waals surface area contributed by atoms with E-state index in [4.69, 9.17) is 14.3 Å². The quantitative estimate of drug-likeness (QED) is 0.131. The van der Waals surface area contributed by atoms with Gasteiger partial charge >= 0.3 is 6.03 Å². The molecule has 4 amide bonds. The number of carbonyl (C=O) groups excluding carboxylic acids is 3. The van der Waals surface area contributed by atoms with Gasteiger partial charge in [0, 0.05) is 30.7 Å². The number of urea groups is 1. The number of carbonyl (C=O) groups is 3. The zero-order valence-electron chi connectivity index (χ0n) is 28.3. The van der Waals surface area contributed by atoms with E-state index in [1.165, 1.54) is 0 Å². The second-order valence-electron chi connectivity index (χ2n) is 12.8. The number of aliphatic hydroxyl groups excluding tert-OH is 1. The van der Waals surface area contributed by atoms with Crippen LogP contribution in [-0.4, -0.2) is 54.8 Å². The average Bonchev–Trinajstić information content (AvgIpc) is 3.60. The number of aliphatic hydroxyl groups is 1. The molecule has 258 valence electrons. The number of methoxy groups -OCH3 is 1. The van der Waals surface area contributed by atoms with Crippen LogP contribution >= 0.6 is 0 Å². The van der Waals surface area contributed by atoms with E-state index in [0.717, 1.165) is 39.3 Å². The number of nitrogens with one attached hydrogen (secondary N) is 4. The van der Waals surface area contributed by atoms with E-state index in [2.05, 4.69) is 21.3 Å². The fraction of sp³-hybridized carbons (Fsp3) is 0.342. The van der Waals surface area contributed by atoms with E-state index in [9.17, 15) is 14.4 Å². The largest absolute Gasteiger partial charge is 0.497 e. The summed E-state index contributed by atoms with van der Waals surface area (Å²) in [5, 5.41) is 20.8. The van der Waals surface area contributed by atoms with E-state index < -0.39 is 11.6 Å². The summed E-state index contributed by atoms with van der Waals surface area (Å²) in [5.74, 6) is 1.12. The molecule has 3 aromatic carbocycles. The van der Waals surface area contributed by atoms with Crippen molar-refractivity contribution in [1.82, 2.24) is 21.3 Å². The van der Waals surface area contributed by atoms with Crippen LogP contribution in [-0.2, 0) is 35.6 Å². The molecule has 1 atom stereocenters. The molecule has 0 fully saturated rings. The minimum absolute atomic E-state index is 0.127. The normalized spacial score (nSPS) is 14.5. The Labute approximate surface area is 287 Å². The van der Waals surface area contributed by atoms with Gasteiger partial charge < -0.3 is 40.4 Å². The highest BCUT2D eigenvalue weighted by atomic mass is 16.5. The molecule has 11 heteroatoms. The molecule has 5 rings (SSSR count). The Morgan fingerprint density at radius 2 is 1.80 bits per heavy atom. The van der Waals surface area contributed by atoms with Crippen LogP contribution in [0.25, 0.3) is 11.1 Å². The maximum atomic E-state index is 14.2. The maximum Gasteiger partial charge on any atom is 0.315 e. The number of anilines is 1. The molecule has 0 saturated carbocycles. The molecule has 1 aliphatic heterocycles. The SMILES string of the molecule is COc1ccc2c(c1)CC[C@@H](NC(=O)CC(C)(C)NCc1ccco1)C(=O)N2Cc1ccc(-c2ccccc2CNC(=O)NCCO)cc1. The monoisotopic (exact) mass is 667 g/mol. The Hall–Kier alpha value is -5.13. The summed E-state index contributed by atoms with van der Waals surface area (Å²) in [6, 6.07) is 24.2. The first-order chi connectivity index (χ1) is 23.7. The zero-order valence-corrected chi connectivity index (χ0v) is 28.3. The first-order valence-corrected chi connectivity index (χ1v) is 16.5. The second kappa shape index (κ2) is 16.3. The molecule has 5 N–H and O–H groups in total. The molecule has 0 bridgehead atoms. The lowest BCUT2D eigenvalue weighted by atomic mass is 9.98.